The van der Waals surface area contributed by atoms with Crippen molar-refractivity contribution in [1.29, 1.82) is 0 Å². The quantitative estimate of drug-likeness (QED) is 0.725. The summed E-state index contributed by atoms with van der Waals surface area (Å²) in [6, 6.07) is 0.305. The zero-order valence-corrected chi connectivity index (χ0v) is 18.0. The molecule has 3 heterocycles. The molecule has 1 saturated heterocycles. The van der Waals surface area contributed by atoms with Crippen LogP contribution in [0.1, 0.15) is 11.8 Å². The number of aromatic nitrogens is 2. The first-order valence-corrected chi connectivity index (χ1v) is 15.5. The van der Waals surface area contributed by atoms with E-state index in [1.807, 2.05) is 0 Å². The Labute approximate surface area is 150 Å². The van der Waals surface area contributed by atoms with Crippen LogP contribution in [-0.4, -0.2) is 51.1 Å². The van der Waals surface area contributed by atoms with Crippen molar-refractivity contribution in [3.05, 3.63) is 22.1 Å². The monoisotopic (exact) mass is 384 g/mol. The van der Waals surface area contributed by atoms with Crippen molar-refractivity contribution in [2.24, 2.45) is 0 Å². The number of nitrogens with zero attached hydrogens (tertiary/aromatic N) is 2. The Kier molecular flexibility index (Phi) is 4.74. The maximum Gasteiger partial charge on any atom is 0.302 e. The van der Waals surface area contributed by atoms with Gasteiger partial charge in [-0.1, -0.05) is 0 Å². The van der Waals surface area contributed by atoms with Gasteiger partial charge in [0.2, 0.25) is 0 Å². The van der Waals surface area contributed by atoms with Gasteiger partial charge < -0.3 is 18.3 Å². The molecule has 0 saturated carbocycles. The lowest BCUT2D eigenvalue weighted by molar-refractivity contribution is -0.0368. The number of hydrogen-bond acceptors (Lipinski definition) is 6. The fourth-order valence-corrected chi connectivity index (χ4v) is 4.78. The minimum absolute atomic E-state index is 0.193. The number of aryl methyl sites for hydroxylation is 1. The van der Waals surface area contributed by atoms with Crippen LogP contribution in [0.15, 0.2) is 11.0 Å². The Hall–Kier alpha value is -1.01. The predicted molar refractivity (Wildman–Crippen MR) is 99.1 cm³/mol. The van der Waals surface area contributed by atoms with Gasteiger partial charge in [-0.2, -0.15) is 4.98 Å². The lowest BCUT2D eigenvalue weighted by Gasteiger charge is -2.30. The molecule has 0 bridgehead atoms. The van der Waals surface area contributed by atoms with Gasteiger partial charge in [0.05, 0.1) is 6.61 Å². The van der Waals surface area contributed by atoms with Crippen LogP contribution in [0.25, 0.3) is 0 Å². The number of hydrogen-bond donors (Lipinski definition) is 0. The second-order valence-electron chi connectivity index (χ2n) is 8.68. The molecule has 0 aliphatic carbocycles. The molecule has 0 radical (unpaired) electrons. The second kappa shape index (κ2) is 6.31. The third-order valence-electron chi connectivity index (χ3n) is 4.06. The van der Waals surface area contributed by atoms with Crippen LogP contribution in [0.2, 0.25) is 39.3 Å². The molecule has 140 valence electrons. The van der Waals surface area contributed by atoms with E-state index in [2.05, 4.69) is 44.3 Å². The van der Waals surface area contributed by atoms with Gasteiger partial charge in [0, 0.05) is 11.8 Å². The van der Waals surface area contributed by atoms with Gasteiger partial charge in [-0.3, -0.25) is 9.36 Å². The predicted octanol–water partition coefficient (Wildman–Crippen LogP) is 2.28. The summed E-state index contributed by atoms with van der Waals surface area (Å²) in [4.78, 5) is 15.8. The number of rotatable bonds is 5. The van der Waals surface area contributed by atoms with E-state index in [0.717, 1.165) is 0 Å². The van der Waals surface area contributed by atoms with Crippen LogP contribution >= 0.6 is 0 Å². The molecule has 4 atom stereocenters. The summed E-state index contributed by atoms with van der Waals surface area (Å²) in [6.07, 6.45) is 0.684. The average Bonchev–Trinajstić information content (AvgIpc) is 2.93. The lowest BCUT2D eigenvalue weighted by Crippen LogP contribution is -2.46. The van der Waals surface area contributed by atoms with Crippen LogP contribution in [-0.2, 0) is 13.6 Å². The first-order chi connectivity index (χ1) is 11.4. The van der Waals surface area contributed by atoms with E-state index in [9.17, 15) is 4.79 Å². The van der Waals surface area contributed by atoms with Crippen LogP contribution in [0.4, 0.5) is 0 Å². The summed E-state index contributed by atoms with van der Waals surface area (Å²) in [5.74, 6) is 0. The molecule has 0 unspecified atom stereocenters. The summed E-state index contributed by atoms with van der Waals surface area (Å²) in [5.41, 5.74) is 0.300. The van der Waals surface area contributed by atoms with Crippen molar-refractivity contribution in [3.8, 4) is 6.01 Å². The van der Waals surface area contributed by atoms with Gasteiger partial charge in [-0.05, 0) is 46.2 Å². The average molecular weight is 385 g/mol. The number of fused-ring (bicyclic) bond motifs is 3. The topological polar surface area (TPSA) is 71.8 Å². The molecule has 25 heavy (non-hydrogen) atoms. The van der Waals surface area contributed by atoms with Crippen molar-refractivity contribution in [3.63, 3.8) is 0 Å². The molecule has 7 nitrogen and oxygen atoms in total. The van der Waals surface area contributed by atoms with Crippen LogP contribution in [0, 0.1) is 6.92 Å². The van der Waals surface area contributed by atoms with Gasteiger partial charge in [0.1, 0.15) is 12.2 Å². The molecule has 3 rings (SSSR count). The smallest absolute Gasteiger partial charge is 0.302 e. The largest absolute Gasteiger partial charge is 0.454 e. The summed E-state index contributed by atoms with van der Waals surface area (Å²) >= 11 is 0. The molecule has 0 aromatic carbocycles. The molecule has 2 aliphatic heterocycles. The Morgan fingerprint density at radius 1 is 1.20 bits per heavy atom. The highest BCUT2D eigenvalue weighted by atomic mass is 28.4. The van der Waals surface area contributed by atoms with Gasteiger partial charge in [-0.15, -0.1) is 0 Å². The minimum atomic E-state index is -1.82. The zero-order chi connectivity index (χ0) is 18.6. The lowest BCUT2D eigenvalue weighted by atomic mass is 10.1. The van der Waals surface area contributed by atoms with E-state index < -0.39 is 16.6 Å². The molecule has 0 amide bonds. The molecule has 0 spiro atoms. The first kappa shape index (κ1) is 18.8. The fourth-order valence-electron chi connectivity index (χ4n) is 3.02. The first-order valence-electron chi connectivity index (χ1n) is 8.68. The standard InChI is InChI=1S/C16H28N2O5Si2/c1-10-8-18-15-13(22-16(18)17-14(10)19)12(23-25(5,6)7)11(21-15)9-20-24(2,3)4/h8,11-13,15H,9H2,1-7H3/t11-,12-,13+,15-/m1/s1. The second-order valence-corrected chi connectivity index (χ2v) is 17.7. The van der Waals surface area contributed by atoms with Gasteiger partial charge in [0.15, 0.2) is 29.0 Å². The normalized spacial score (nSPS) is 28.6. The van der Waals surface area contributed by atoms with Crippen molar-refractivity contribution in [1.82, 2.24) is 9.55 Å². The van der Waals surface area contributed by atoms with Crippen LogP contribution in [0.5, 0.6) is 6.01 Å². The number of ether oxygens (including phenoxy) is 2. The highest BCUT2D eigenvalue weighted by Gasteiger charge is 2.53. The zero-order valence-electron chi connectivity index (χ0n) is 16.0. The highest BCUT2D eigenvalue weighted by molar-refractivity contribution is 6.70. The minimum Gasteiger partial charge on any atom is -0.454 e. The van der Waals surface area contributed by atoms with E-state index in [1.54, 1.807) is 17.7 Å². The van der Waals surface area contributed by atoms with Crippen molar-refractivity contribution in [2.45, 2.75) is 70.7 Å². The molecule has 1 aromatic rings. The molecular weight excluding hydrogens is 356 g/mol. The maximum absolute atomic E-state index is 11.8. The summed E-state index contributed by atoms with van der Waals surface area (Å²) in [5, 5.41) is 0. The Bertz CT molecular complexity index is 710. The molecular formula is C16H28N2O5Si2. The molecule has 1 aromatic heterocycles. The molecule has 0 N–H and O–H groups in total. The van der Waals surface area contributed by atoms with E-state index >= 15 is 0 Å². The van der Waals surface area contributed by atoms with Gasteiger partial charge in [-0.25, -0.2) is 0 Å². The highest BCUT2D eigenvalue weighted by Crippen LogP contribution is 2.41. The van der Waals surface area contributed by atoms with Gasteiger partial charge >= 0.3 is 6.01 Å². The molecule has 9 heteroatoms. The van der Waals surface area contributed by atoms with E-state index in [-0.39, 0.29) is 30.1 Å². The summed E-state index contributed by atoms with van der Waals surface area (Å²) in [7, 11) is -3.48. The third kappa shape index (κ3) is 4.05. The van der Waals surface area contributed by atoms with E-state index in [0.29, 0.717) is 18.2 Å². The maximum atomic E-state index is 11.8. The third-order valence-corrected chi connectivity index (χ3v) is 6.07. The molecule has 2 aliphatic rings. The fraction of sp³-hybridized carbons (Fsp3) is 0.750. The van der Waals surface area contributed by atoms with Crippen molar-refractivity contribution < 1.29 is 18.3 Å². The van der Waals surface area contributed by atoms with E-state index in [4.69, 9.17) is 18.3 Å². The van der Waals surface area contributed by atoms with E-state index in [1.165, 1.54) is 0 Å². The Morgan fingerprint density at radius 3 is 2.48 bits per heavy atom. The van der Waals surface area contributed by atoms with Crippen LogP contribution in [0.3, 0.4) is 0 Å². The van der Waals surface area contributed by atoms with Crippen molar-refractivity contribution in [2.75, 3.05) is 6.61 Å². The Morgan fingerprint density at radius 2 is 1.88 bits per heavy atom. The van der Waals surface area contributed by atoms with Crippen molar-refractivity contribution >= 4 is 16.6 Å². The Balaban J connectivity index is 1.87. The summed E-state index contributed by atoms with van der Waals surface area (Å²) in [6.45, 7) is 15.1. The van der Waals surface area contributed by atoms with Gasteiger partial charge in [0.25, 0.3) is 5.56 Å². The summed E-state index contributed by atoms with van der Waals surface area (Å²) < 4.78 is 26.5. The van der Waals surface area contributed by atoms with Crippen LogP contribution < -0.4 is 10.3 Å². The molecule has 1 fully saturated rings. The SMILES string of the molecule is Cc1cn2c(nc1=O)O[C@H]1[C@H](O[Si](C)(C)C)[C@@H](CO[Si](C)(C)C)O[C@H]12.